The number of amides is 4. The summed E-state index contributed by atoms with van der Waals surface area (Å²) in [6, 6.07) is 14.1. The lowest BCUT2D eigenvalue weighted by atomic mass is 9.94. The predicted octanol–water partition coefficient (Wildman–Crippen LogP) is 15.5. The van der Waals surface area contributed by atoms with Gasteiger partial charge in [-0.3, -0.25) is 58.7 Å². The summed E-state index contributed by atoms with van der Waals surface area (Å²) in [6.45, 7) is 40.6. The molecule has 0 aliphatic carbocycles. The van der Waals surface area contributed by atoms with Crippen molar-refractivity contribution in [2.24, 2.45) is 0 Å². The summed E-state index contributed by atoms with van der Waals surface area (Å²) in [5.74, 6) is 1.34. The number of hydrogen-bond donors (Lipinski definition) is 4. The van der Waals surface area contributed by atoms with E-state index in [4.69, 9.17) is 70.1 Å². The van der Waals surface area contributed by atoms with Crippen LogP contribution in [0.1, 0.15) is 182 Å². The van der Waals surface area contributed by atoms with Crippen LogP contribution in [0.5, 0.6) is 0 Å². The summed E-state index contributed by atoms with van der Waals surface area (Å²) >= 11 is 24.1. The molecule has 1 atom stereocenters. The van der Waals surface area contributed by atoms with Gasteiger partial charge in [-0.05, 0) is 198 Å². The summed E-state index contributed by atoms with van der Waals surface area (Å²) in [5.41, 5.74) is 3.80. The molecule has 0 spiro atoms. The highest BCUT2D eigenvalue weighted by molar-refractivity contribution is 6.30. The molecule has 0 saturated carbocycles. The Hall–Kier alpha value is -6.94. The molecule has 0 aromatic carbocycles. The molecule has 99 heavy (non-hydrogen) atoms. The summed E-state index contributed by atoms with van der Waals surface area (Å²) < 4.78 is 35.8. The lowest BCUT2D eigenvalue weighted by molar-refractivity contribution is -0.131. The number of rotatable bonds is 18. The number of pyridine rings is 4. The molecule has 25 nitrogen and oxygen atoms in total. The molecule has 0 bridgehead atoms. The number of carbonyl (C=O) groups is 4. The molecule has 2 aliphatic rings. The van der Waals surface area contributed by atoms with E-state index in [9.17, 15) is 19.2 Å². The molecule has 2 fully saturated rings. The van der Waals surface area contributed by atoms with Crippen LogP contribution in [0.25, 0.3) is 44.7 Å². The number of ether oxygens (including phenoxy) is 5. The molecular weight excluding hydrogens is 1350 g/mol. The molecule has 0 radical (unpaired) electrons. The Morgan fingerprint density at radius 3 is 1.29 bits per heavy atom. The van der Waals surface area contributed by atoms with Gasteiger partial charge in [-0.25, -0.2) is 39.9 Å². The van der Waals surface area contributed by atoms with Gasteiger partial charge in [0.05, 0.1) is 74.0 Å². The molecular formula is C70H98Cl4N16O9. The number of carbonyl (C=O) groups excluding carboxylic acids is 4. The number of anilines is 4. The van der Waals surface area contributed by atoms with Gasteiger partial charge < -0.3 is 23.7 Å². The second-order valence-electron chi connectivity index (χ2n) is 29.7. The maximum Gasteiger partial charge on any atom is 0.229 e. The van der Waals surface area contributed by atoms with Gasteiger partial charge >= 0.3 is 0 Å². The van der Waals surface area contributed by atoms with Gasteiger partial charge in [0.1, 0.15) is 42.7 Å². The van der Waals surface area contributed by atoms with Crippen molar-refractivity contribution >= 4 is 138 Å². The molecule has 0 unspecified atom stereocenters. The lowest BCUT2D eigenvalue weighted by Crippen LogP contribution is -2.37. The SMILES string of the molecule is C=CCn1c(NC(=O)CCOC(C)(C)C)nc2ccc(Cl)nc21.CC(C)(C)OCCC(=O)Nc1nc2ccc(Cl)nc2n1C(C)(C)C.CC(C)(C)OCCC(=O)Nc1nc2ccc(Cl)nc2n1C1CCOCC1.CC1(C)CCC[C@H](CC(=O)Nc2nc3ccc(Cl)nc3n2C(C)(C)C)O1. The van der Waals surface area contributed by atoms with Crippen LogP contribution in [-0.2, 0) is 60.5 Å². The van der Waals surface area contributed by atoms with E-state index in [1.807, 2.05) is 130 Å². The number of allylic oxidation sites excluding steroid dienone is 1. The molecule has 10 heterocycles. The van der Waals surface area contributed by atoms with Gasteiger partial charge in [0.15, 0.2) is 22.6 Å². The van der Waals surface area contributed by atoms with Crippen molar-refractivity contribution in [3.05, 3.63) is 81.8 Å². The highest BCUT2D eigenvalue weighted by Crippen LogP contribution is 2.34. The van der Waals surface area contributed by atoms with Gasteiger partial charge in [0.25, 0.3) is 0 Å². The zero-order valence-electron chi connectivity index (χ0n) is 60.2. The molecule has 4 amide bonds. The van der Waals surface area contributed by atoms with Crippen molar-refractivity contribution in [2.45, 2.75) is 228 Å². The maximum atomic E-state index is 12.6. The summed E-state index contributed by atoms with van der Waals surface area (Å²) in [7, 11) is 0. The first-order chi connectivity index (χ1) is 46.2. The smallest absolute Gasteiger partial charge is 0.229 e. The summed E-state index contributed by atoms with van der Waals surface area (Å²) in [4.78, 5) is 84.7. The average molecular weight is 1450 g/mol. The Morgan fingerprint density at radius 1 is 0.515 bits per heavy atom. The van der Waals surface area contributed by atoms with E-state index in [-0.39, 0.29) is 88.5 Å². The van der Waals surface area contributed by atoms with Gasteiger partial charge in [0.2, 0.25) is 47.4 Å². The van der Waals surface area contributed by atoms with Crippen LogP contribution in [0.4, 0.5) is 23.8 Å². The normalized spacial score (nSPS) is 15.3. The highest BCUT2D eigenvalue weighted by Gasteiger charge is 2.32. The Kier molecular flexibility index (Phi) is 27.0. The van der Waals surface area contributed by atoms with Crippen LogP contribution in [0, 0.1) is 0 Å². The van der Waals surface area contributed by atoms with Crippen molar-refractivity contribution in [3.63, 3.8) is 0 Å². The van der Waals surface area contributed by atoms with Crippen molar-refractivity contribution in [1.82, 2.24) is 58.1 Å². The molecule has 8 aromatic rings. The maximum absolute atomic E-state index is 12.6. The number of nitrogens with one attached hydrogen (secondary N) is 4. The Labute approximate surface area is 599 Å². The standard InChI is InChI=1S/C19H27ClN4O2.C18H25ClN4O3.C17H25ClN4O2.C16H21ClN4O2/c1-18(2,3)24-16-13(8-9-14(20)22-16)21-17(24)23-15(25)11-12-7-6-10-19(4,5)26-12;1-18(2,3)26-11-8-15(24)22-17-20-13-4-5-14(19)21-16(13)23(17)12-6-9-25-10-7-12;1-16(2,3)22-14-11(7-8-12(18)20-14)19-15(22)21-13(23)9-10-24-17(4,5)6;1-5-9-21-14-11(6-7-12(17)19-14)18-15(21)20-13(22)8-10-23-16(2,3)4/h8-9,12H,6-7,10-11H2,1-5H3,(H,21,23,25);4-5,12H,6-11H2,1-3H3,(H,20,22,24);7-8H,9-10H2,1-6H3,(H,19,21,23);5-7H,1,8-10H2,2-4H3,(H,18,20,22)/t12-;;;/m1.../s1. The van der Waals surface area contributed by atoms with E-state index in [0.717, 1.165) is 32.1 Å². The summed E-state index contributed by atoms with van der Waals surface area (Å²) in [5, 5.41) is 13.1. The Balaban J connectivity index is 0.000000186. The van der Waals surface area contributed by atoms with Crippen LogP contribution in [0.2, 0.25) is 20.6 Å². The Bertz CT molecular complexity index is 4110. The lowest BCUT2D eigenvalue weighted by Gasteiger charge is -2.35. The van der Waals surface area contributed by atoms with Crippen molar-refractivity contribution in [2.75, 3.05) is 54.3 Å². The zero-order chi connectivity index (χ0) is 73.0. The van der Waals surface area contributed by atoms with Crippen molar-refractivity contribution < 1.29 is 42.9 Å². The number of hydrogen-bond acceptors (Lipinski definition) is 17. The van der Waals surface area contributed by atoms with Crippen LogP contribution in [0.3, 0.4) is 0 Å². The Morgan fingerprint density at radius 2 is 0.879 bits per heavy atom. The molecule has 2 aliphatic heterocycles. The van der Waals surface area contributed by atoms with Crippen LogP contribution >= 0.6 is 46.4 Å². The van der Waals surface area contributed by atoms with Crippen LogP contribution < -0.4 is 21.3 Å². The van der Waals surface area contributed by atoms with E-state index in [0.29, 0.717) is 135 Å². The molecule has 540 valence electrons. The second kappa shape index (κ2) is 33.7. The number of aromatic nitrogens is 12. The van der Waals surface area contributed by atoms with Gasteiger partial charge in [-0.15, -0.1) is 6.58 Å². The molecule has 8 aromatic heterocycles. The number of halogens is 4. The minimum Gasteiger partial charge on any atom is -0.381 e. The van der Waals surface area contributed by atoms with Gasteiger partial charge in [-0.2, -0.15) is 0 Å². The average Bonchev–Trinajstić information content (AvgIpc) is 1.65. The van der Waals surface area contributed by atoms with E-state index in [1.54, 1.807) is 47.0 Å². The van der Waals surface area contributed by atoms with Gasteiger partial charge in [0, 0.05) is 36.9 Å². The zero-order valence-corrected chi connectivity index (χ0v) is 63.2. The highest BCUT2D eigenvalue weighted by atomic mass is 35.5. The third-order valence-electron chi connectivity index (χ3n) is 15.0. The molecule has 2 saturated heterocycles. The fourth-order valence-electron chi connectivity index (χ4n) is 10.8. The number of imidazole rings is 4. The van der Waals surface area contributed by atoms with Crippen molar-refractivity contribution in [1.29, 1.82) is 0 Å². The van der Waals surface area contributed by atoms with Crippen molar-refractivity contribution in [3.8, 4) is 0 Å². The van der Waals surface area contributed by atoms with Crippen LogP contribution in [-0.4, -0.2) is 143 Å². The number of fused-ring (bicyclic) bond motifs is 4. The fourth-order valence-corrected chi connectivity index (χ4v) is 11.3. The predicted molar refractivity (Wildman–Crippen MR) is 392 cm³/mol. The third-order valence-corrected chi connectivity index (χ3v) is 15.9. The summed E-state index contributed by atoms with van der Waals surface area (Å²) in [6.07, 6.45) is 7.45. The molecule has 10 rings (SSSR count). The van der Waals surface area contributed by atoms with E-state index < -0.39 is 0 Å². The minimum absolute atomic E-state index is 0.0567. The van der Waals surface area contributed by atoms with E-state index in [1.165, 1.54) is 0 Å². The first-order valence-electron chi connectivity index (χ1n) is 33.3. The largest absolute Gasteiger partial charge is 0.381 e. The molecule has 29 heteroatoms. The van der Waals surface area contributed by atoms with E-state index >= 15 is 0 Å². The first kappa shape index (κ1) is 79.4. The molecule has 4 N–H and O–H groups in total. The second-order valence-corrected chi connectivity index (χ2v) is 31.2. The number of nitrogens with zero attached hydrogens (tertiary/aromatic N) is 12. The van der Waals surface area contributed by atoms with Gasteiger partial charge in [-0.1, -0.05) is 52.5 Å². The fraction of sp³-hybridized carbons (Fsp3) is 0.571. The monoisotopic (exact) mass is 1450 g/mol. The van der Waals surface area contributed by atoms with E-state index in [2.05, 4.69) is 81.6 Å². The topological polar surface area (TPSA) is 285 Å². The quantitative estimate of drug-likeness (QED) is 0.0459. The van der Waals surface area contributed by atoms with Crippen LogP contribution in [0.15, 0.2) is 61.2 Å². The first-order valence-corrected chi connectivity index (χ1v) is 34.8. The minimum atomic E-state index is -0.309. The third kappa shape index (κ3) is 24.1.